The van der Waals surface area contributed by atoms with Gasteiger partial charge in [0.2, 0.25) is 5.91 Å². The Labute approximate surface area is 219 Å². The van der Waals surface area contributed by atoms with Crippen molar-refractivity contribution in [3.8, 4) is 5.75 Å². The van der Waals surface area contributed by atoms with E-state index >= 15 is 0 Å². The lowest BCUT2D eigenvalue weighted by Gasteiger charge is -2.28. The number of esters is 1. The number of nitrogens with zero attached hydrogens (tertiary/aromatic N) is 2. The molecular weight excluding hydrogens is 480 g/mol. The van der Waals surface area contributed by atoms with Crippen LogP contribution < -0.4 is 14.7 Å². The van der Waals surface area contributed by atoms with Gasteiger partial charge in [0.05, 0.1) is 23.0 Å². The van der Waals surface area contributed by atoms with Crippen LogP contribution in [0.2, 0.25) is 0 Å². The average Bonchev–Trinajstić information content (AvgIpc) is 3.46. The van der Waals surface area contributed by atoms with Crippen LogP contribution in [-0.4, -0.2) is 23.9 Å². The normalized spacial score (nSPS) is 20.5. The molecule has 0 spiro atoms. The Kier molecular flexibility index (Phi) is 5.98. The third-order valence-electron chi connectivity index (χ3n) is 6.86. The Morgan fingerprint density at radius 2 is 1.37 bits per heavy atom. The highest BCUT2D eigenvalue weighted by molar-refractivity contribution is 6.23. The van der Waals surface area contributed by atoms with E-state index in [0.29, 0.717) is 17.0 Å². The molecule has 2 amide bonds. The van der Waals surface area contributed by atoms with Crippen molar-refractivity contribution >= 4 is 29.2 Å². The number of rotatable bonds is 5. The van der Waals surface area contributed by atoms with Crippen LogP contribution in [0.25, 0.3) is 0 Å². The molecule has 0 unspecified atom stereocenters. The number of anilines is 2. The van der Waals surface area contributed by atoms with Crippen LogP contribution in [-0.2, 0) is 14.4 Å². The molecule has 7 heteroatoms. The minimum atomic E-state index is -0.954. The molecule has 7 nitrogen and oxygen atoms in total. The molecule has 0 aromatic heterocycles. The standard InChI is InChI=1S/C31H24N2O5/c1-20-12-16-23(17-13-20)32-29(34)26-27(33(38-28(26)30(32)35)24-10-6-3-7-11-24)21-14-18-25(19-15-21)37-31(36)22-8-4-2-5-9-22/h2-19,26-28H,1H3/t26-,27-,28-/m0/s1. The molecule has 2 aliphatic rings. The number of aryl methyl sites for hydroxylation is 1. The Morgan fingerprint density at radius 1 is 0.737 bits per heavy atom. The Bertz CT molecular complexity index is 1490. The van der Waals surface area contributed by atoms with Gasteiger partial charge in [0.15, 0.2) is 6.10 Å². The van der Waals surface area contributed by atoms with Gasteiger partial charge in [-0.1, -0.05) is 66.2 Å². The smallest absolute Gasteiger partial charge is 0.343 e. The summed E-state index contributed by atoms with van der Waals surface area (Å²) in [5.74, 6) is -1.53. The predicted molar refractivity (Wildman–Crippen MR) is 142 cm³/mol. The number of benzene rings is 4. The number of para-hydroxylation sites is 1. The van der Waals surface area contributed by atoms with Gasteiger partial charge in [0, 0.05) is 0 Å². The first-order valence-corrected chi connectivity index (χ1v) is 12.3. The van der Waals surface area contributed by atoms with E-state index in [2.05, 4.69) is 0 Å². The molecule has 188 valence electrons. The number of amides is 2. The van der Waals surface area contributed by atoms with Gasteiger partial charge in [-0.3, -0.25) is 14.4 Å². The lowest BCUT2D eigenvalue weighted by molar-refractivity contribution is -0.126. The number of carbonyl (C=O) groups excluding carboxylic acids is 3. The highest BCUT2D eigenvalue weighted by atomic mass is 16.7. The first-order valence-electron chi connectivity index (χ1n) is 12.3. The topological polar surface area (TPSA) is 76.2 Å². The summed E-state index contributed by atoms with van der Waals surface area (Å²) in [5.41, 5.74) is 3.49. The van der Waals surface area contributed by atoms with E-state index in [4.69, 9.17) is 9.57 Å². The van der Waals surface area contributed by atoms with Gasteiger partial charge in [0.1, 0.15) is 11.7 Å². The molecule has 2 fully saturated rings. The van der Waals surface area contributed by atoms with Gasteiger partial charge in [0.25, 0.3) is 5.91 Å². The Hall–Kier alpha value is -4.75. The van der Waals surface area contributed by atoms with Crippen molar-refractivity contribution in [2.75, 3.05) is 9.96 Å². The highest BCUT2D eigenvalue weighted by Gasteiger charge is 2.60. The molecule has 0 saturated carbocycles. The zero-order valence-electron chi connectivity index (χ0n) is 20.6. The lowest BCUT2D eigenvalue weighted by Crippen LogP contribution is -2.37. The van der Waals surface area contributed by atoms with Crippen LogP contribution in [0.15, 0.2) is 109 Å². The van der Waals surface area contributed by atoms with E-state index in [1.807, 2.05) is 55.5 Å². The molecule has 4 aromatic carbocycles. The fourth-order valence-corrected chi connectivity index (χ4v) is 4.97. The van der Waals surface area contributed by atoms with Gasteiger partial charge in [-0.2, -0.15) is 0 Å². The van der Waals surface area contributed by atoms with Gasteiger partial charge < -0.3 is 4.74 Å². The van der Waals surface area contributed by atoms with E-state index in [-0.39, 0.29) is 11.8 Å². The van der Waals surface area contributed by atoms with Crippen LogP contribution >= 0.6 is 0 Å². The maximum absolute atomic E-state index is 13.7. The second-order valence-corrected chi connectivity index (χ2v) is 9.33. The van der Waals surface area contributed by atoms with Gasteiger partial charge >= 0.3 is 5.97 Å². The van der Waals surface area contributed by atoms with Crippen LogP contribution in [0.5, 0.6) is 5.75 Å². The minimum absolute atomic E-state index is 0.313. The van der Waals surface area contributed by atoms with Crippen LogP contribution in [0.4, 0.5) is 11.4 Å². The Morgan fingerprint density at radius 3 is 2.03 bits per heavy atom. The maximum atomic E-state index is 13.7. The van der Waals surface area contributed by atoms with Gasteiger partial charge in [-0.25, -0.2) is 14.8 Å². The number of fused-ring (bicyclic) bond motifs is 1. The van der Waals surface area contributed by atoms with Gasteiger partial charge in [-0.15, -0.1) is 0 Å². The van der Waals surface area contributed by atoms with Crippen LogP contribution in [0, 0.1) is 12.8 Å². The number of ether oxygens (including phenoxy) is 1. The summed E-state index contributed by atoms with van der Waals surface area (Å²) in [6.45, 7) is 1.95. The summed E-state index contributed by atoms with van der Waals surface area (Å²) in [4.78, 5) is 47.1. The molecule has 0 aliphatic carbocycles. The molecule has 0 radical (unpaired) electrons. The second-order valence-electron chi connectivity index (χ2n) is 9.33. The summed E-state index contributed by atoms with van der Waals surface area (Å²) in [6, 6.07) is 31.8. The molecule has 3 atom stereocenters. The molecule has 2 saturated heterocycles. The van der Waals surface area contributed by atoms with E-state index in [1.165, 1.54) is 4.90 Å². The quantitative estimate of drug-likeness (QED) is 0.210. The predicted octanol–water partition coefficient (Wildman–Crippen LogP) is 5.27. The van der Waals surface area contributed by atoms with Crippen molar-refractivity contribution in [3.63, 3.8) is 0 Å². The molecule has 0 N–H and O–H groups in total. The highest BCUT2D eigenvalue weighted by Crippen LogP contribution is 2.47. The zero-order valence-corrected chi connectivity index (χ0v) is 20.6. The summed E-state index contributed by atoms with van der Waals surface area (Å²) < 4.78 is 5.53. The van der Waals surface area contributed by atoms with Crippen LogP contribution in [0.1, 0.15) is 27.5 Å². The molecule has 6 rings (SSSR count). The largest absolute Gasteiger partial charge is 0.423 e. The molecule has 2 aliphatic heterocycles. The third kappa shape index (κ3) is 4.13. The summed E-state index contributed by atoms with van der Waals surface area (Å²) in [5, 5.41) is 1.64. The maximum Gasteiger partial charge on any atom is 0.343 e. The minimum Gasteiger partial charge on any atom is -0.423 e. The van der Waals surface area contributed by atoms with Gasteiger partial charge in [-0.05, 0) is 61.0 Å². The number of carbonyl (C=O) groups is 3. The third-order valence-corrected chi connectivity index (χ3v) is 6.86. The average molecular weight is 505 g/mol. The number of hydrogen-bond donors (Lipinski definition) is 0. The van der Waals surface area contributed by atoms with Crippen molar-refractivity contribution in [2.24, 2.45) is 5.92 Å². The van der Waals surface area contributed by atoms with Crippen molar-refractivity contribution in [3.05, 3.63) is 126 Å². The molecule has 2 heterocycles. The van der Waals surface area contributed by atoms with E-state index < -0.39 is 24.0 Å². The monoisotopic (exact) mass is 504 g/mol. The molecular formula is C31H24N2O5. The number of imide groups is 1. The number of hydroxylamine groups is 1. The van der Waals surface area contributed by atoms with Crippen molar-refractivity contribution in [1.82, 2.24) is 0 Å². The molecule has 4 aromatic rings. The lowest BCUT2D eigenvalue weighted by atomic mass is 9.90. The summed E-state index contributed by atoms with van der Waals surface area (Å²) in [7, 11) is 0. The van der Waals surface area contributed by atoms with Crippen molar-refractivity contribution in [1.29, 1.82) is 0 Å². The summed E-state index contributed by atoms with van der Waals surface area (Å²) >= 11 is 0. The first kappa shape index (κ1) is 23.6. The van der Waals surface area contributed by atoms with E-state index in [1.54, 1.807) is 65.7 Å². The SMILES string of the molecule is Cc1ccc(N2C(=O)[C@@H]3[C@H](ON(c4ccccc4)[C@H]3c3ccc(OC(=O)c4ccccc4)cc3)C2=O)cc1. The Balaban J connectivity index is 1.32. The fourth-order valence-electron chi connectivity index (χ4n) is 4.97. The van der Waals surface area contributed by atoms with E-state index in [9.17, 15) is 14.4 Å². The fraction of sp³-hybridized carbons (Fsp3) is 0.129. The van der Waals surface area contributed by atoms with Crippen LogP contribution in [0.3, 0.4) is 0 Å². The second kappa shape index (κ2) is 9.61. The zero-order chi connectivity index (χ0) is 26.2. The van der Waals surface area contributed by atoms with Crippen molar-refractivity contribution < 1.29 is 24.0 Å². The van der Waals surface area contributed by atoms with Crippen molar-refractivity contribution in [2.45, 2.75) is 19.1 Å². The number of hydrogen-bond acceptors (Lipinski definition) is 6. The summed E-state index contributed by atoms with van der Waals surface area (Å²) in [6.07, 6.45) is -0.954. The molecule has 38 heavy (non-hydrogen) atoms. The molecule has 0 bridgehead atoms. The van der Waals surface area contributed by atoms with E-state index in [0.717, 1.165) is 16.8 Å². The first-order chi connectivity index (χ1) is 18.5.